The van der Waals surface area contributed by atoms with Crippen LogP contribution in [0.5, 0.6) is 0 Å². The zero-order valence-corrected chi connectivity index (χ0v) is 15.6. The molecule has 1 heterocycles. The first-order valence-corrected chi connectivity index (χ1v) is 8.79. The van der Waals surface area contributed by atoms with E-state index in [1.165, 1.54) is 18.2 Å². The summed E-state index contributed by atoms with van der Waals surface area (Å²) >= 11 is 6.10. The maximum Gasteiger partial charge on any atom is 0.309 e. The minimum absolute atomic E-state index is 0.228. The summed E-state index contributed by atoms with van der Waals surface area (Å²) in [7, 11) is 1.40. The SMILES string of the molecule is COC(=O)Cc1ccc(Cc2cc(C)nc(-c3cccc(Cl)c3)c2)cc1. The largest absolute Gasteiger partial charge is 0.469 e. The van der Waals surface area contributed by atoms with Crippen LogP contribution in [0.4, 0.5) is 0 Å². The van der Waals surface area contributed by atoms with E-state index in [0.717, 1.165) is 28.9 Å². The van der Waals surface area contributed by atoms with Crippen LogP contribution in [0.3, 0.4) is 0 Å². The number of carbonyl (C=O) groups excluding carboxylic acids is 1. The number of aryl methyl sites for hydroxylation is 1. The molecule has 0 radical (unpaired) electrons. The fourth-order valence-electron chi connectivity index (χ4n) is 2.89. The summed E-state index contributed by atoms with van der Waals surface area (Å²) in [4.78, 5) is 16.0. The molecule has 0 bridgehead atoms. The molecule has 0 aliphatic rings. The Balaban J connectivity index is 1.81. The number of aromatic nitrogens is 1. The molecule has 3 rings (SSSR count). The number of esters is 1. The highest BCUT2D eigenvalue weighted by Crippen LogP contribution is 2.23. The van der Waals surface area contributed by atoms with Crippen molar-refractivity contribution in [2.24, 2.45) is 0 Å². The second-order valence-electron chi connectivity index (χ2n) is 6.26. The average molecular weight is 366 g/mol. The molecule has 0 spiro atoms. The van der Waals surface area contributed by atoms with Gasteiger partial charge >= 0.3 is 5.97 Å². The maximum atomic E-state index is 11.4. The lowest BCUT2D eigenvalue weighted by Gasteiger charge is -2.09. The predicted molar refractivity (Wildman–Crippen MR) is 104 cm³/mol. The van der Waals surface area contributed by atoms with Crippen LogP contribution in [0.15, 0.2) is 60.7 Å². The molecule has 132 valence electrons. The number of hydrogen-bond acceptors (Lipinski definition) is 3. The van der Waals surface area contributed by atoms with Crippen molar-refractivity contribution >= 4 is 17.6 Å². The van der Waals surface area contributed by atoms with Crippen LogP contribution >= 0.6 is 11.6 Å². The second kappa shape index (κ2) is 8.15. The first-order valence-electron chi connectivity index (χ1n) is 8.41. The third-order valence-electron chi connectivity index (χ3n) is 4.14. The second-order valence-corrected chi connectivity index (χ2v) is 6.69. The molecule has 4 heteroatoms. The third-order valence-corrected chi connectivity index (χ3v) is 4.38. The number of ether oxygens (including phenoxy) is 1. The molecule has 0 fully saturated rings. The Labute approximate surface area is 158 Å². The Morgan fingerprint density at radius 2 is 1.73 bits per heavy atom. The first kappa shape index (κ1) is 18.2. The molecule has 0 amide bonds. The Morgan fingerprint density at radius 3 is 2.42 bits per heavy atom. The van der Waals surface area contributed by atoms with Gasteiger partial charge in [0.15, 0.2) is 0 Å². The van der Waals surface area contributed by atoms with Crippen LogP contribution in [0, 0.1) is 6.92 Å². The molecule has 2 aromatic carbocycles. The summed E-state index contributed by atoms with van der Waals surface area (Å²) in [5, 5.41) is 0.702. The molecule has 0 aliphatic carbocycles. The molecular weight excluding hydrogens is 346 g/mol. The lowest BCUT2D eigenvalue weighted by molar-refractivity contribution is -0.139. The number of rotatable bonds is 5. The van der Waals surface area contributed by atoms with E-state index in [0.29, 0.717) is 11.4 Å². The minimum atomic E-state index is -0.228. The monoisotopic (exact) mass is 365 g/mol. The highest BCUT2D eigenvalue weighted by molar-refractivity contribution is 6.30. The predicted octanol–water partition coefficient (Wildman–Crippen LogP) is 5.02. The van der Waals surface area contributed by atoms with E-state index in [1.54, 1.807) is 0 Å². The van der Waals surface area contributed by atoms with Gasteiger partial charge in [0.2, 0.25) is 0 Å². The summed E-state index contributed by atoms with van der Waals surface area (Å²) in [6.07, 6.45) is 1.10. The number of halogens is 1. The molecule has 3 nitrogen and oxygen atoms in total. The lowest BCUT2D eigenvalue weighted by atomic mass is 10.0. The van der Waals surface area contributed by atoms with Crippen LogP contribution in [-0.4, -0.2) is 18.1 Å². The van der Waals surface area contributed by atoms with Gasteiger partial charge in [0.1, 0.15) is 0 Å². The average Bonchev–Trinajstić information content (AvgIpc) is 2.63. The van der Waals surface area contributed by atoms with Crippen LogP contribution < -0.4 is 0 Å². The highest BCUT2D eigenvalue weighted by atomic mass is 35.5. The molecule has 0 saturated heterocycles. The topological polar surface area (TPSA) is 39.2 Å². The van der Waals surface area contributed by atoms with Gasteiger partial charge in [0, 0.05) is 16.3 Å². The molecule has 0 N–H and O–H groups in total. The van der Waals surface area contributed by atoms with Crippen molar-refractivity contribution in [1.82, 2.24) is 4.98 Å². The molecule has 0 atom stereocenters. The smallest absolute Gasteiger partial charge is 0.309 e. The van der Waals surface area contributed by atoms with E-state index in [2.05, 4.69) is 17.1 Å². The number of nitrogens with zero attached hydrogens (tertiary/aromatic N) is 1. The van der Waals surface area contributed by atoms with E-state index >= 15 is 0 Å². The Bertz CT molecular complexity index is 920. The van der Waals surface area contributed by atoms with Crippen molar-refractivity contribution < 1.29 is 9.53 Å². The van der Waals surface area contributed by atoms with Crippen molar-refractivity contribution in [3.8, 4) is 11.3 Å². The summed E-state index contributed by atoms with van der Waals surface area (Å²) in [6, 6.07) is 20.0. The molecular formula is C22H20ClNO2. The van der Waals surface area contributed by atoms with Crippen LogP contribution in [0.2, 0.25) is 5.02 Å². The Hall–Kier alpha value is -2.65. The summed E-state index contributed by atoms with van der Waals surface area (Å²) in [5.41, 5.74) is 6.22. The van der Waals surface area contributed by atoms with E-state index in [4.69, 9.17) is 16.3 Å². The maximum absolute atomic E-state index is 11.4. The minimum Gasteiger partial charge on any atom is -0.469 e. The van der Waals surface area contributed by atoms with Gasteiger partial charge in [-0.2, -0.15) is 0 Å². The summed E-state index contributed by atoms with van der Waals surface area (Å²) in [6.45, 7) is 2.00. The first-order chi connectivity index (χ1) is 12.5. The van der Waals surface area contributed by atoms with E-state index in [9.17, 15) is 4.79 Å². The van der Waals surface area contributed by atoms with E-state index in [1.807, 2.05) is 55.5 Å². The highest BCUT2D eigenvalue weighted by Gasteiger charge is 2.06. The van der Waals surface area contributed by atoms with Crippen LogP contribution in [-0.2, 0) is 22.4 Å². The number of methoxy groups -OCH3 is 1. The number of benzene rings is 2. The Morgan fingerprint density at radius 1 is 1.00 bits per heavy atom. The molecule has 0 saturated carbocycles. The van der Waals surface area contributed by atoms with Gasteiger partial charge in [-0.1, -0.05) is 48.0 Å². The van der Waals surface area contributed by atoms with E-state index < -0.39 is 0 Å². The van der Waals surface area contributed by atoms with E-state index in [-0.39, 0.29) is 5.97 Å². The van der Waals surface area contributed by atoms with Gasteiger partial charge in [-0.05, 0) is 54.3 Å². The molecule has 0 unspecified atom stereocenters. The quantitative estimate of drug-likeness (QED) is 0.596. The van der Waals surface area contributed by atoms with Crippen molar-refractivity contribution in [3.05, 3.63) is 88.1 Å². The molecule has 3 aromatic rings. The standard InChI is InChI=1S/C22H20ClNO2/c1-15-10-18(12-21(24-15)19-4-3-5-20(23)14-19)11-16-6-8-17(9-7-16)13-22(25)26-2/h3-10,12,14H,11,13H2,1-2H3. The van der Waals surface area contributed by atoms with Gasteiger partial charge in [0.05, 0.1) is 19.2 Å². The van der Waals surface area contributed by atoms with Crippen molar-refractivity contribution in [2.75, 3.05) is 7.11 Å². The zero-order chi connectivity index (χ0) is 18.5. The van der Waals surface area contributed by atoms with Gasteiger partial charge in [-0.25, -0.2) is 0 Å². The zero-order valence-electron chi connectivity index (χ0n) is 14.8. The van der Waals surface area contributed by atoms with Gasteiger partial charge in [-0.15, -0.1) is 0 Å². The normalized spacial score (nSPS) is 10.6. The van der Waals surface area contributed by atoms with Gasteiger partial charge in [-0.3, -0.25) is 9.78 Å². The third kappa shape index (κ3) is 4.70. The van der Waals surface area contributed by atoms with Crippen LogP contribution in [0.25, 0.3) is 11.3 Å². The number of hydrogen-bond donors (Lipinski definition) is 0. The van der Waals surface area contributed by atoms with Gasteiger partial charge < -0.3 is 4.74 Å². The molecule has 1 aromatic heterocycles. The summed E-state index contributed by atoms with van der Waals surface area (Å²) < 4.78 is 4.70. The molecule has 26 heavy (non-hydrogen) atoms. The van der Waals surface area contributed by atoms with Crippen LogP contribution in [0.1, 0.15) is 22.4 Å². The fraction of sp³-hybridized carbons (Fsp3) is 0.182. The number of pyridine rings is 1. The lowest BCUT2D eigenvalue weighted by Crippen LogP contribution is -2.04. The van der Waals surface area contributed by atoms with Gasteiger partial charge in [0.25, 0.3) is 0 Å². The summed E-state index contributed by atoms with van der Waals surface area (Å²) in [5.74, 6) is -0.228. The van der Waals surface area contributed by atoms with Crippen molar-refractivity contribution in [3.63, 3.8) is 0 Å². The number of carbonyl (C=O) groups is 1. The Kier molecular flexibility index (Phi) is 5.69. The molecule has 0 aliphatic heterocycles. The fourth-order valence-corrected chi connectivity index (χ4v) is 3.08. The van der Waals surface area contributed by atoms with Crippen molar-refractivity contribution in [2.45, 2.75) is 19.8 Å². The van der Waals surface area contributed by atoms with Crippen molar-refractivity contribution in [1.29, 1.82) is 0 Å².